The van der Waals surface area contributed by atoms with Gasteiger partial charge in [-0.15, -0.1) is 0 Å². The summed E-state index contributed by atoms with van der Waals surface area (Å²) in [6.07, 6.45) is 13.7. The summed E-state index contributed by atoms with van der Waals surface area (Å²) in [6.45, 7) is 4.35. The first-order valence-corrected chi connectivity index (χ1v) is 11.8. The Morgan fingerprint density at radius 2 is 2.03 bits per heavy atom. The molecule has 3 atom stereocenters. The van der Waals surface area contributed by atoms with Crippen LogP contribution < -0.4 is 15.5 Å². The second-order valence-electron chi connectivity index (χ2n) is 9.50. The largest absolute Gasteiger partial charge is 0.367 e. The van der Waals surface area contributed by atoms with Crippen LogP contribution in [0.3, 0.4) is 0 Å². The lowest BCUT2D eigenvalue weighted by molar-refractivity contribution is 0.328. The third kappa shape index (κ3) is 3.55. The molecule has 6 rings (SSSR count). The predicted octanol–water partition coefficient (Wildman–Crippen LogP) is 3.72. The van der Waals surface area contributed by atoms with E-state index in [4.69, 9.17) is 4.98 Å². The fourth-order valence-corrected chi connectivity index (χ4v) is 5.72. The van der Waals surface area contributed by atoms with Gasteiger partial charge in [-0.1, -0.05) is 19.3 Å². The highest BCUT2D eigenvalue weighted by atomic mass is 15.4. The molecule has 2 bridgehead atoms. The van der Waals surface area contributed by atoms with Crippen molar-refractivity contribution in [2.75, 3.05) is 23.3 Å². The monoisotopic (exact) mass is 417 g/mol. The molecular formula is C24H31N7. The average Bonchev–Trinajstić information content (AvgIpc) is 3.56. The summed E-state index contributed by atoms with van der Waals surface area (Å²) in [7, 11) is 0. The van der Waals surface area contributed by atoms with Crippen molar-refractivity contribution in [3.05, 3.63) is 36.8 Å². The molecule has 2 aliphatic heterocycles. The number of hydrogen-bond donors (Lipinski definition) is 2. The van der Waals surface area contributed by atoms with Crippen molar-refractivity contribution in [3.8, 4) is 11.3 Å². The lowest BCUT2D eigenvalue weighted by Gasteiger charge is -2.29. The first kappa shape index (κ1) is 19.0. The maximum Gasteiger partial charge on any atom is 0.212 e. The van der Waals surface area contributed by atoms with Gasteiger partial charge in [0, 0.05) is 61.4 Å². The number of piperazine rings is 1. The molecular weight excluding hydrogens is 386 g/mol. The van der Waals surface area contributed by atoms with Gasteiger partial charge in [0.15, 0.2) is 0 Å². The van der Waals surface area contributed by atoms with Crippen LogP contribution in [0, 0.1) is 5.92 Å². The van der Waals surface area contributed by atoms with Crippen LogP contribution in [0.25, 0.3) is 16.9 Å². The zero-order valence-corrected chi connectivity index (χ0v) is 18.2. The average molecular weight is 418 g/mol. The highest BCUT2D eigenvalue weighted by molar-refractivity contribution is 5.68. The standard InChI is InChI=1S/C24H31N7/c1-16(17-5-3-2-4-6-17)28-22-11-18(7-8-25-22)21-13-23-26-9-10-30(23)24(29-21)31-15-19-12-20(31)14-27-19/h7-11,13,16-17,19-20,27H,2-6,12,14-15H2,1H3,(H,25,28)/t16-,19?,20?/m0/s1. The molecule has 2 N–H and O–H groups in total. The summed E-state index contributed by atoms with van der Waals surface area (Å²) in [4.78, 5) is 16.8. The normalized spacial score (nSPS) is 24.7. The van der Waals surface area contributed by atoms with Gasteiger partial charge in [-0.3, -0.25) is 4.40 Å². The van der Waals surface area contributed by atoms with Gasteiger partial charge in [-0.05, 0) is 44.2 Å². The first-order chi connectivity index (χ1) is 15.2. The number of nitrogens with zero attached hydrogens (tertiary/aromatic N) is 5. The minimum atomic E-state index is 0.439. The number of nitrogens with one attached hydrogen (secondary N) is 2. The van der Waals surface area contributed by atoms with Crippen LogP contribution in [0.5, 0.6) is 0 Å². The summed E-state index contributed by atoms with van der Waals surface area (Å²) in [6, 6.07) is 7.81. The van der Waals surface area contributed by atoms with Crippen molar-refractivity contribution in [2.24, 2.45) is 5.92 Å². The van der Waals surface area contributed by atoms with Crippen molar-refractivity contribution in [2.45, 2.75) is 63.6 Å². The zero-order valence-electron chi connectivity index (χ0n) is 18.2. The highest BCUT2D eigenvalue weighted by Gasteiger charge is 2.39. The number of rotatable bonds is 5. The van der Waals surface area contributed by atoms with Crippen molar-refractivity contribution >= 4 is 17.4 Å². The Labute approximate surface area is 183 Å². The first-order valence-electron chi connectivity index (χ1n) is 11.8. The van der Waals surface area contributed by atoms with Gasteiger partial charge in [0.1, 0.15) is 11.5 Å². The second kappa shape index (κ2) is 7.79. The van der Waals surface area contributed by atoms with E-state index in [0.717, 1.165) is 47.7 Å². The van der Waals surface area contributed by atoms with Crippen LogP contribution in [0.1, 0.15) is 45.4 Å². The lowest BCUT2D eigenvalue weighted by Crippen LogP contribution is -2.44. The van der Waals surface area contributed by atoms with Crippen LogP contribution in [0.2, 0.25) is 0 Å². The van der Waals surface area contributed by atoms with E-state index in [0.29, 0.717) is 18.1 Å². The molecule has 0 aromatic carbocycles. The molecule has 1 aliphatic carbocycles. The smallest absolute Gasteiger partial charge is 0.212 e. The van der Waals surface area contributed by atoms with E-state index in [1.807, 2.05) is 18.6 Å². The predicted molar refractivity (Wildman–Crippen MR) is 123 cm³/mol. The molecule has 0 amide bonds. The maximum atomic E-state index is 5.12. The van der Waals surface area contributed by atoms with Crippen molar-refractivity contribution < 1.29 is 0 Å². The number of fused-ring (bicyclic) bond motifs is 3. The van der Waals surface area contributed by atoms with E-state index in [1.165, 1.54) is 38.5 Å². The molecule has 2 unspecified atom stereocenters. The van der Waals surface area contributed by atoms with E-state index in [2.05, 4.69) is 55.0 Å². The summed E-state index contributed by atoms with van der Waals surface area (Å²) in [5, 5.41) is 7.25. The SMILES string of the molecule is C[C@H](Nc1cc(-c2cc3nccn3c(N3CC4CC3CN4)n2)ccn1)C1CCCCC1. The molecule has 162 valence electrons. The molecule has 0 radical (unpaired) electrons. The van der Waals surface area contributed by atoms with Gasteiger partial charge in [0.05, 0.1) is 5.69 Å². The van der Waals surface area contributed by atoms with E-state index in [-0.39, 0.29) is 0 Å². The molecule has 3 fully saturated rings. The topological polar surface area (TPSA) is 70.4 Å². The third-order valence-corrected chi connectivity index (χ3v) is 7.47. The van der Waals surface area contributed by atoms with Crippen LogP contribution in [-0.4, -0.2) is 50.6 Å². The Hall–Kier alpha value is -2.67. The molecule has 3 aromatic rings. The van der Waals surface area contributed by atoms with Gasteiger partial charge in [0.25, 0.3) is 0 Å². The molecule has 1 saturated carbocycles. The van der Waals surface area contributed by atoms with Crippen molar-refractivity contribution in [1.29, 1.82) is 0 Å². The van der Waals surface area contributed by atoms with Gasteiger partial charge in [0.2, 0.25) is 5.95 Å². The molecule has 3 aliphatic rings. The number of pyridine rings is 1. The molecule has 7 nitrogen and oxygen atoms in total. The Bertz CT molecular complexity index is 1070. The van der Waals surface area contributed by atoms with Crippen LogP contribution >= 0.6 is 0 Å². The molecule has 5 heterocycles. The van der Waals surface area contributed by atoms with Crippen molar-refractivity contribution in [3.63, 3.8) is 0 Å². The van der Waals surface area contributed by atoms with Gasteiger partial charge >= 0.3 is 0 Å². The second-order valence-corrected chi connectivity index (χ2v) is 9.50. The van der Waals surface area contributed by atoms with Gasteiger partial charge < -0.3 is 15.5 Å². The number of hydrogen-bond acceptors (Lipinski definition) is 6. The van der Waals surface area contributed by atoms with E-state index >= 15 is 0 Å². The number of anilines is 2. The lowest BCUT2D eigenvalue weighted by atomic mass is 9.84. The van der Waals surface area contributed by atoms with E-state index in [9.17, 15) is 0 Å². The van der Waals surface area contributed by atoms with Gasteiger partial charge in [-0.2, -0.15) is 0 Å². The van der Waals surface area contributed by atoms with Crippen LogP contribution in [-0.2, 0) is 0 Å². The van der Waals surface area contributed by atoms with Crippen molar-refractivity contribution in [1.82, 2.24) is 24.7 Å². The van der Waals surface area contributed by atoms with Gasteiger partial charge in [-0.25, -0.2) is 15.0 Å². The number of aromatic nitrogens is 4. The maximum absolute atomic E-state index is 5.12. The van der Waals surface area contributed by atoms with E-state index in [1.54, 1.807) is 0 Å². The molecule has 7 heteroatoms. The Morgan fingerprint density at radius 3 is 2.84 bits per heavy atom. The summed E-state index contributed by atoms with van der Waals surface area (Å²) < 4.78 is 2.12. The molecule has 0 spiro atoms. The molecule has 31 heavy (non-hydrogen) atoms. The summed E-state index contributed by atoms with van der Waals surface area (Å²) >= 11 is 0. The Morgan fingerprint density at radius 1 is 1.13 bits per heavy atom. The molecule has 3 aromatic heterocycles. The number of imidazole rings is 1. The Kier molecular flexibility index (Phi) is 4.78. The van der Waals surface area contributed by atoms with E-state index < -0.39 is 0 Å². The van der Waals surface area contributed by atoms with Crippen LogP contribution in [0.15, 0.2) is 36.8 Å². The Balaban J connectivity index is 1.30. The quantitative estimate of drug-likeness (QED) is 0.659. The minimum absolute atomic E-state index is 0.439. The summed E-state index contributed by atoms with van der Waals surface area (Å²) in [5.41, 5.74) is 2.99. The zero-order chi connectivity index (χ0) is 20.8. The minimum Gasteiger partial charge on any atom is -0.367 e. The molecule has 2 saturated heterocycles. The fraction of sp³-hybridized carbons (Fsp3) is 0.542. The highest BCUT2D eigenvalue weighted by Crippen LogP contribution is 2.32. The third-order valence-electron chi connectivity index (χ3n) is 7.47. The summed E-state index contributed by atoms with van der Waals surface area (Å²) in [5.74, 6) is 2.68. The fourth-order valence-electron chi connectivity index (χ4n) is 5.72. The van der Waals surface area contributed by atoms with Crippen LogP contribution in [0.4, 0.5) is 11.8 Å².